The third-order valence-electron chi connectivity index (χ3n) is 1.82. The molecule has 0 radical (unpaired) electrons. The molecule has 1 fully saturated rings. The Morgan fingerprint density at radius 1 is 1.44 bits per heavy atom. The van der Waals surface area contributed by atoms with E-state index < -0.39 is 6.10 Å². The zero-order chi connectivity index (χ0) is 6.43. The van der Waals surface area contributed by atoms with Gasteiger partial charge in [-0.3, -0.25) is 0 Å². The van der Waals surface area contributed by atoms with Crippen LogP contribution in [-0.2, 0) is 4.74 Å². The van der Waals surface area contributed by atoms with Crippen LogP contribution in [0.3, 0.4) is 0 Å². The standard InChI is InChI=1S/C6H9NO2/c7-3-1-2-4-6(9-4)5(3)8/h1-6,8H,7H2/t3-,4+,5+,6+/m1/s1. The monoisotopic (exact) mass is 127 g/mol. The van der Waals surface area contributed by atoms with Crippen LogP contribution in [0.15, 0.2) is 12.2 Å². The molecular weight excluding hydrogens is 118 g/mol. The molecule has 2 rings (SSSR count). The summed E-state index contributed by atoms with van der Waals surface area (Å²) in [5.41, 5.74) is 5.48. The van der Waals surface area contributed by atoms with Crippen LogP contribution in [0.2, 0.25) is 0 Å². The average Bonchev–Trinajstić information content (AvgIpc) is 2.58. The molecule has 3 N–H and O–H groups in total. The van der Waals surface area contributed by atoms with Crippen molar-refractivity contribution in [2.24, 2.45) is 5.73 Å². The highest BCUT2D eigenvalue weighted by molar-refractivity contribution is 5.17. The Kier molecular flexibility index (Phi) is 0.939. The van der Waals surface area contributed by atoms with E-state index in [4.69, 9.17) is 10.5 Å². The Bertz CT molecular complexity index is 157. The Labute approximate surface area is 53.1 Å². The molecule has 1 heterocycles. The van der Waals surface area contributed by atoms with E-state index >= 15 is 0 Å². The van der Waals surface area contributed by atoms with Crippen molar-refractivity contribution in [3.63, 3.8) is 0 Å². The fourth-order valence-electron chi connectivity index (χ4n) is 1.14. The molecule has 0 aromatic carbocycles. The second-order valence-electron chi connectivity index (χ2n) is 2.52. The molecule has 0 aromatic rings. The highest BCUT2D eigenvalue weighted by Crippen LogP contribution is 2.31. The minimum absolute atomic E-state index is 0.00926. The lowest BCUT2D eigenvalue weighted by Crippen LogP contribution is -2.39. The van der Waals surface area contributed by atoms with Gasteiger partial charge in [-0.05, 0) is 0 Å². The molecule has 2 aliphatic rings. The quantitative estimate of drug-likeness (QED) is 0.324. The number of aliphatic hydroxyl groups is 1. The number of epoxide rings is 1. The number of hydrogen-bond acceptors (Lipinski definition) is 3. The lowest BCUT2D eigenvalue weighted by atomic mass is 10.0. The number of aliphatic hydroxyl groups excluding tert-OH is 1. The van der Waals surface area contributed by atoms with Gasteiger partial charge in [0.15, 0.2) is 0 Å². The van der Waals surface area contributed by atoms with E-state index in [0.717, 1.165) is 0 Å². The summed E-state index contributed by atoms with van der Waals surface area (Å²) in [6.45, 7) is 0. The molecule has 1 aliphatic heterocycles. The maximum atomic E-state index is 9.19. The highest BCUT2D eigenvalue weighted by atomic mass is 16.6. The van der Waals surface area contributed by atoms with E-state index in [-0.39, 0.29) is 18.2 Å². The number of rotatable bonds is 0. The van der Waals surface area contributed by atoms with Crippen LogP contribution >= 0.6 is 0 Å². The molecule has 0 spiro atoms. The van der Waals surface area contributed by atoms with E-state index in [1.54, 1.807) is 6.08 Å². The van der Waals surface area contributed by atoms with Gasteiger partial charge in [-0.15, -0.1) is 0 Å². The minimum atomic E-state index is -0.486. The minimum Gasteiger partial charge on any atom is -0.388 e. The third kappa shape index (κ3) is 0.694. The normalized spacial score (nSPS) is 54.9. The fourth-order valence-corrected chi connectivity index (χ4v) is 1.14. The number of ether oxygens (including phenoxy) is 1. The van der Waals surface area contributed by atoms with Crippen molar-refractivity contribution in [1.82, 2.24) is 0 Å². The van der Waals surface area contributed by atoms with E-state index in [1.165, 1.54) is 0 Å². The van der Waals surface area contributed by atoms with Gasteiger partial charge in [0.2, 0.25) is 0 Å². The van der Waals surface area contributed by atoms with Crippen LogP contribution in [0.1, 0.15) is 0 Å². The van der Waals surface area contributed by atoms with E-state index in [0.29, 0.717) is 0 Å². The maximum Gasteiger partial charge on any atom is 0.116 e. The van der Waals surface area contributed by atoms with Crippen molar-refractivity contribution in [1.29, 1.82) is 0 Å². The van der Waals surface area contributed by atoms with Gasteiger partial charge in [0.1, 0.15) is 18.3 Å². The summed E-state index contributed by atoms with van der Waals surface area (Å²) < 4.78 is 5.04. The predicted octanol–water partition coefficient (Wildman–Crippen LogP) is -0.988. The number of nitrogens with two attached hydrogens (primary N) is 1. The first-order valence-electron chi connectivity index (χ1n) is 3.06. The topological polar surface area (TPSA) is 58.8 Å². The Hall–Kier alpha value is -0.380. The van der Waals surface area contributed by atoms with Gasteiger partial charge in [0.25, 0.3) is 0 Å². The fraction of sp³-hybridized carbons (Fsp3) is 0.667. The molecule has 0 bridgehead atoms. The summed E-state index contributed by atoms with van der Waals surface area (Å²) in [5.74, 6) is 0. The molecule has 0 aromatic heterocycles. The first-order valence-corrected chi connectivity index (χ1v) is 3.06. The van der Waals surface area contributed by atoms with Crippen molar-refractivity contribution in [3.8, 4) is 0 Å². The largest absolute Gasteiger partial charge is 0.388 e. The molecule has 0 amide bonds. The summed E-state index contributed by atoms with van der Waals surface area (Å²) >= 11 is 0. The molecular formula is C6H9NO2. The van der Waals surface area contributed by atoms with Gasteiger partial charge in [-0.1, -0.05) is 12.2 Å². The molecule has 3 heteroatoms. The molecule has 1 aliphatic carbocycles. The molecule has 9 heavy (non-hydrogen) atoms. The third-order valence-corrected chi connectivity index (χ3v) is 1.82. The summed E-state index contributed by atoms with van der Waals surface area (Å²) in [6.07, 6.45) is 3.35. The zero-order valence-electron chi connectivity index (χ0n) is 4.90. The predicted molar refractivity (Wildman–Crippen MR) is 31.8 cm³/mol. The van der Waals surface area contributed by atoms with Gasteiger partial charge in [0.05, 0.1) is 6.04 Å². The van der Waals surface area contributed by atoms with Crippen molar-refractivity contribution < 1.29 is 9.84 Å². The van der Waals surface area contributed by atoms with Gasteiger partial charge < -0.3 is 15.6 Å². The second kappa shape index (κ2) is 1.56. The lowest BCUT2D eigenvalue weighted by molar-refractivity contribution is 0.123. The molecule has 3 nitrogen and oxygen atoms in total. The van der Waals surface area contributed by atoms with Crippen LogP contribution in [-0.4, -0.2) is 29.5 Å². The van der Waals surface area contributed by atoms with Gasteiger partial charge in [-0.2, -0.15) is 0 Å². The highest BCUT2D eigenvalue weighted by Gasteiger charge is 2.46. The zero-order valence-corrected chi connectivity index (χ0v) is 4.90. The van der Waals surface area contributed by atoms with Crippen LogP contribution in [0.25, 0.3) is 0 Å². The van der Waals surface area contributed by atoms with Crippen molar-refractivity contribution in [3.05, 3.63) is 12.2 Å². The van der Waals surface area contributed by atoms with Crippen molar-refractivity contribution in [2.75, 3.05) is 0 Å². The van der Waals surface area contributed by atoms with Gasteiger partial charge in [0, 0.05) is 0 Å². The van der Waals surface area contributed by atoms with Gasteiger partial charge in [-0.25, -0.2) is 0 Å². The summed E-state index contributed by atoms with van der Waals surface area (Å²) in [6, 6.07) is -0.228. The van der Waals surface area contributed by atoms with E-state index in [2.05, 4.69) is 0 Å². The van der Waals surface area contributed by atoms with Crippen LogP contribution < -0.4 is 5.73 Å². The molecule has 4 atom stereocenters. The first-order chi connectivity index (χ1) is 4.29. The summed E-state index contributed by atoms with van der Waals surface area (Å²) in [5, 5.41) is 9.19. The second-order valence-corrected chi connectivity index (χ2v) is 2.52. The molecule has 0 saturated carbocycles. The molecule has 50 valence electrons. The van der Waals surface area contributed by atoms with E-state index in [9.17, 15) is 5.11 Å². The van der Waals surface area contributed by atoms with E-state index in [1.807, 2.05) is 6.08 Å². The molecule has 1 saturated heterocycles. The summed E-state index contributed by atoms with van der Waals surface area (Å²) in [7, 11) is 0. The van der Waals surface area contributed by atoms with Crippen molar-refractivity contribution in [2.45, 2.75) is 24.4 Å². The molecule has 0 unspecified atom stereocenters. The van der Waals surface area contributed by atoms with Crippen LogP contribution in [0, 0.1) is 0 Å². The smallest absolute Gasteiger partial charge is 0.116 e. The SMILES string of the molecule is N[C@@H]1C=C[C@@H]2O[C@@H]2[C@H]1O. The van der Waals surface area contributed by atoms with Crippen LogP contribution in [0.5, 0.6) is 0 Å². The summed E-state index contributed by atoms with van der Waals surface area (Å²) in [4.78, 5) is 0. The van der Waals surface area contributed by atoms with Crippen LogP contribution in [0.4, 0.5) is 0 Å². The Morgan fingerprint density at radius 3 is 2.89 bits per heavy atom. The van der Waals surface area contributed by atoms with Gasteiger partial charge >= 0.3 is 0 Å². The Balaban J connectivity index is 2.16. The first kappa shape index (κ1) is 5.41. The Morgan fingerprint density at radius 2 is 2.22 bits per heavy atom. The number of fused-ring (bicyclic) bond motifs is 1. The lowest BCUT2D eigenvalue weighted by Gasteiger charge is -2.14. The average molecular weight is 127 g/mol. The van der Waals surface area contributed by atoms with Crippen molar-refractivity contribution >= 4 is 0 Å². The maximum absolute atomic E-state index is 9.19. The number of hydrogen-bond donors (Lipinski definition) is 2.